The summed E-state index contributed by atoms with van der Waals surface area (Å²) in [6.07, 6.45) is 0.592. The number of hydrogen-bond donors (Lipinski definition) is 1. The molecular formula is C15H18BrF2N3. The summed E-state index contributed by atoms with van der Waals surface area (Å²) in [7, 11) is 1.78. The Hall–Kier alpha value is -1.27. The summed E-state index contributed by atoms with van der Waals surface area (Å²) in [5.74, 6) is -1.13. The van der Waals surface area contributed by atoms with Crippen molar-refractivity contribution >= 4 is 15.9 Å². The van der Waals surface area contributed by atoms with Crippen molar-refractivity contribution in [3.05, 3.63) is 51.3 Å². The summed E-state index contributed by atoms with van der Waals surface area (Å²) in [5.41, 5.74) is 2.51. The summed E-state index contributed by atoms with van der Waals surface area (Å²) in [5, 5.41) is 7.55. The van der Waals surface area contributed by atoms with Crippen LogP contribution in [0, 0.1) is 18.6 Å². The second kappa shape index (κ2) is 6.66. The molecule has 1 heterocycles. The zero-order valence-electron chi connectivity index (χ0n) is 12.3. The number of aromatic nitrogens is 2. The van der Waals surface area contributed by atoms with Crippen LogP contribution in [0.2, 0.25) is 0 Å². The van der Waals surface area contributed by atoms with Crippen LogP contribution in [0.1, 0.15) is 29.9 Å². The minimum Gasteiger partial charge on any atom is -0.313 e. The van der Waals surface area contributed by atoms with Crippen LogP contribution in [-0.4, -0.2) is 16.8 Å². The normalized spacial score (nSPS) is 12.7. The maximum atomic E-state index is 13.4. The molecule has 21 heavy (non-hydrogen) atoms. The molecule has 0 amide bonds. The minimum absolute atomic E-state index is 0.187. The molecule has 0 bridgehead atoms. The fraction of sp³-hybridized carbons (Fsp3) is 0.400. The van der Waals surface area contributed by atoms with Gasteiger partial charge in [-0.05, 0) is 54.5 Å². The lowest BCUT2D eigenvalue weighted by atomic mass is 10.0. The van der Waals surface area contributed by atoms with Crippen LogP contribution in [0.25, 0.3) is 0 Å². The number of halogens is 3. The lowest BCUT2D eigenvalue weighted by Gasteiger charge is -2.18. The first kappa shape index (κ1) is 16.1. The van der Waals surface area contributed by atoms with Crippen LogP contribution in [-0.2, 0) is 13.0 Å². The first-order chi connectivity index (χ1) is 9.96. The first-order valence-electron chi connectivity index (χ1n) is 6.81. The van der Waals surface area contributed by atoms with Crippen molar-refractivity contribution in [2.45, 2.75) is 32.9 Å². The SMILES string of the molecule is CCn1nc(C)c(Br)c1CC(NC)c1cc(F)cc(F)c1. The van der Waals surface area contributed by atoms with Crippen LogP contribution in [0.5, 0.6) is 0 Å². The van der Waals surface area contributed by atoms with Gasteiger partial charge in [-0.1, -0.05) is 0 Å². The molecule has 1 unspecified atom stereocenters. The monoisotopic (exact) mass is 357 g/mol. The zero-order chi connectivity index (χ0) is 15.6. The lowest BCUT2D eigenvalue weighted by Crippen LogP contribution is -2.21. The Bertz CT molecular complexity index is 620. The van der Waals surface area contributed by atoms with Crippen LogP contribution >= 0.6 is 15.9 Å². The molecule has 0 radical (unpaired) electrons. The van der Waals surface area contributed by atoms with Crippen molar-refractivity contribution in [1.82, 2.24) is 15.1 Å². The maximum Gasteiger partial charge on any atom is 0.126 e. The van der Waals surface area contributed by atoms with E-state index >= 15 is 0 Å². The molecule has 0 aliphatic heterocycles. The van der Waals surface area contributed by atoms with Crippen molar-refractivity contribution in [3.63, 3.8) is 0 Å². The van der Waals surface area contributed by atoms with Gasteiger partial charge in [0, 0.05) is 25.1 Å². The molecular weight excluding hydrogens is 340 g/mol. The highest BCUT2D eigenvalue weighted by Crippen LogP contribution is 2.27. The molecule has 3 nitrogen and oxygen atoms in total. The van der Waals surface area contributed by atoms with E-state index in [4.69, 9.17) is 0 Å². The largest absolute Gasteiger partial charge is 0.313 e. The molecule has 1 atom stereocenters. The Morgan fingerprint density at radius 3 is 2.43 bits per heavy atom. The van der Waals surface area contributed by atoms with Gasteiger partial charge in [-0.2, -0.15) is 5.10 Å². The molecule has 0 spiro atoms. The Kier molecular flexibility index (Phi) is 5.11. The molecule has 6 heteroatoms. The third-order valence-electron chi connectivity index (χ3n) is 3.49. The van der Waals surface area contributed by atoms with Crippen molar-refractivity contribution in [3.8, 4) is 0 Å². The van der Waals surface area contributed by atoms with Crippen LogP contribution in [0.3, 0.4) is 0 Å². The topological polar surface area (TPSA) is 29.9 Å². The van der Waals surface area contributed by atoms with Gasteiger partial charge in [0.15, 0.2) is 0 Å². The van der Waals surface area contributed by atoms with E-state index in [1.807, 2.05) is 18.5 Å². The van der Waals surface area contributed by atoms with Crippen molar-refractivity contribution in [2.75, 3.05) is 7.05 Å². The Labute approximate surface area is 131 Å². The van der Waals surface area contributed by atoms with E-state index in [9.17, 15) is 8.78 Å². The molecule has 1 N–H and O–H groups in total. The quantitative estimate of drug-likeness (QED) is 0.882. The number of nitrogens with one attached hydrogen (secondary N) is 1. The molecule has 0 saturated carbocycles. The van der Waals surface area contributed by atoms with E-state index in [1.165, 1.54) is 12.1 Å². The van der Waals surface area contributed by atoms with Crippen molar-refractivity contribution < 1.29 is 8.78 Å². The predicted octanol–water partition coefficient (Wildman–Crippen LogP) is 3.76. The highest BCUT2D eigenvalue weighted by atomic mass is 79.9. The average Bonchev–Trinajstić information content (AvgIpc) is 2.70. The van der Waals surface area contributed by atoms with Crippen LogP contribution in [0.4, 0.5) is 8.78 Å². The summed E-state index contributed by atoms with van der Waals surface area (Å²) < 4.78 is 29.6. The second-order valence-electron chi connectivity index (χ2n) is 4.91. The average molecular weight is 358 g/mol. The minimum atomic E-state index is -0.565. The van der Waals surface area contributed by atoms with Crippen molar-refractivity contribution in [2.24, 2.45) is 0 Å². The molecule has 0 aliphatic rings. The Morgan fingerprint density at radius 2 is 1.90 bits per heavy atom. The van der Waals surface area contributed by atoms with Crippen LogP contribution < -0.4 is 5.32 Å². The number of nitrogens with zero attached hydrogens (tertiary/aromatic N) is 2. The molecule has 0 saturated heterocycles. The standard InChI is InChI=1S/C15H18BrF2N3/c1-4-21-14(15(16)9(2)20-21)8-13(19-3)10-5-11(17)7-12(18)6-10/h5-7,13,19H,4,8H2,1-3H3. The van der Waals surface area contributed by atoms with Gasteiger partial charge >= 0.3 is 0 Å². The maximum absolute atomic E-state index is 13.4. The molecule has 0 aliphatic carbocycles. The van der Waals surface area contributed by atoms with E-state index in [0.29, 0.717) is 12.0 Å². The van der Waals surface area contributed by atoms with Gasteiger partial charge in [0.25, 0.3) is 0 Å². The molecule has 1 aromatic carbocycles. The van der Waals surface area contributed by atoms with Crippen LogP contribution in [0.15, 0.2) is 22.7 Å². The van der Waals surface area contributed by atoms with Gasteiger partial charge in [0.2, 0.25) is 0 Å². The highest BCUT2D eigenvalue weighted by molar-refractivity contribution is 9.10. The third-order valence-corrected chi connectivity index (χ3v) is 4.52. The van der Waals surface area contributed by atoms with E-state index in [2.05, 4.69) is 26.3 Å². The number of hydrogen-bond acceptors (Lipinski definition) is 2. The third kappa shape index (κ3) is 3.49. The van der Waals surface area contributed by atoms with E-state index in [0.717, 1.165) is 28.5 Å². The fourth-order valence-electron chi connectivity index (χ4n) is 2.42. The second-order valence-corrected chi connectivity index (χ2v) is 5.70. The molecule has 1 aromatic heterocycles. The van der Waals surface area contributed by atoms with E-state index in [-0.39, 0.29) is 6.04 Å². The molecule has 2 rings (SSSR count). The zero-order valence-corrected chi connectivity index (χ0v) is 13.8. The summed E-state index contributed by atoms with van der Waals surface area (Å²) in [6, 6.07) is 3.41. The molecule has 114 valence electrons. The number of rotatable bonds is 5. The summed E-state index contributed by atoms with van der Waals surface area (Å²) in [4.78, 5) is 0. The predicted molar refractivity (Wildman–Crippen MR) is 82.2 cm³/mol. The summed E-state index contributed by atoms with van der Waals surface area (Å²) in [6.45, 7) is 4.68. The fourth-order valence-corrected chi connectivity index (χ4v) is 2.87. The van der Waals surface area contributed by atoms with E-state index in [1.54, 1.807) is 7.05 Å². The van der Waals surface area contributed by atoms with Gasteiger partial charge in [-0.15, -0.1) is 0 Å². The lowest BCUT2D eigenvalue weighted by molar-refractivity contribution is 0.526. The van der Waals surface area contributed by atoms with Gasteiger partial charge in [-0.3, -0.25) is 4.68 Å². The van der Waals surface area contributed by atoms with Gasteiger partial charge in [0.05, 0.1) is 15.9 Å². The number of aryl methyl sites for hydroxylation is 2. The summed E-state index contributed by atoms with van der Waals surface area (Å²) >= 11 is 3.54. The van der Waals surface area contributed by atoms with E-state index < -0.39 is 11.6 Å². The number of likely N-dealkylation sites (N-methyl/N-ethyl adjacent to an activating group) is 1. The molecule has 0 fully saturated rings. The number of benzene rings is 1. The smallest absolute Gasteiger partial charge is 0.126 e. The highest BCUT2D eigenvalue weighted by Gasteiger charge is 2.19. The van der Waals surface area contributed by atoms with Gasteiger partial charge in [0.1, 0.15) is 11.6 Å². The van der Waals surface area contributed by atoms with Gasteiger partial charge < -0.3 is 5.32 Å². The Balaban J connectivity index is 2.35. The Morgan fingerprint density at radius 1 is 1.29 bits per heavy atom. The molecule has 2 aromatic rings. The van der Waals surface area contributed by atoms with Crippen molar-refractivity contribution in [1.29, 1.82) is 0 Å². The van der Waals surface area contributed by atoms with Gasteiger partial charge in [-0.25, -0.2) is 8.78 Å². The first-order valence-corrected chi connectivity index (χ1v) is 7.60.